The molecule has 0 fully saturated rings. The van der Waals surface area contributed by atoms with E-state index in [0.29, 0.717) is 21.8 Å². The maximum Gasteiger partial charge on any atom is 0.340 e. The maximum atomic E-state index is 13.3. The number of esters is 1. The Kier molecular flexibility index (Phi) is 4.17. The van der Waals surface area contributed by atoms with Crippen LogP contribution < -0.4 is 0 Å². The molecule has 0 saturated heterocycles. The Morgan fingerprint density at radius 1 is 1.33 bits per heavy atom. The number of hydrogen-bond acceptors (Lipinski definition) is 4. The lowest BCUT2D eigenvalue weighted by molar-refractivity contribution is 0.0603. The third-order valence-corrected chi connectivity index (χ3v) is 6.95. The van der Waals surface area contributed by atoms with Crippen molar-refractivity contribution in [1.82, 2.24) is 3.97 Å². The van der Waals surface area contributed by atoms with E-state index >= 15 is 0 Å². The number of rotatable bonds is 3. The minimum absolute atomic E-state index is 0.231. The van der Waals surface area contributed by atoms with Crippen LogP contribution in [0, 0.1) is 0 Å². The minimum atomic E-state index is -3.79. The van der Waals surface area contributed by atoms with E-state index in [2.05, 4.69) is 15.9 Å². The predicted octanol–water partition coefficient (Wildman–Crippen LogP) is 3.60. The van der Waals surface area contributed by atoms with Crippen molar-refractivity contribution in [1.29, 1.82) is 0 Å². The van der Waals surface area contributed by atoms with E-state index in [1.807, 2.05) is 12.2 Å². The van der Waals surface area contributed by atoms with Gasteiger partial charge in [0.1, 0.15) is 4.75 Å². The average molecular weight is 410 g/mol. The van der Waals surface area contributed by atoms with Crippen LogP contribution in [0.4, 0.5) is 0 Å². The van der Waals surface area contributed by atoms with Crippen LogP contribution in [-0.2, 0) is 14.8 Å². The highest BCUT2D eigenvalue weighted by molar-refractivity contribution is 9.11. The van der Waals surface area contributed by atoms with E-state index < -0.39 is 20.7 Å². The minimum Gasteiger partial charge on any atom is -0.465 e. The molecule has 7 heteroatoms. The second kappa shape index (κ2) is 5.89. The third-order valence-electron chi connectivity index (χ3n) is 4.17. The van der Waals surface area contributed by atoms with Crippen molar-refractivity contribution >= 4 is 42.8 Å². The van der Waals surface area contributed by atoms with Crippen molar-refractivity contribution in [2.45, 2.75) is 18.1 Å². The Morgan fingerprint density at radius 3 is 2.71 bits per heavy atom. The van der Waals surface area contributed by atoms with Gasteiger partial charge in [0.15, 0.2) is 0 Å². The molecule has 1 atom stereocenters. The Bertz CT molecular complexity index is 987. The first-order valence-corrected chi connectivity index (χ1v) is 9.52. The molecule has 0 N–H and O–H groups in total. The lowest BCUT2D eigenvalue weighted by Gasteiger charge is -2.28. The highest BCUT2D eigenvalue weighted by Crippen LogP contribution is 2.35. The molecule has 5 nitrogen and oxygen atoms in total. The van der Waals surface area contributed by atoms with Crippen LogP contribution in [0.1, 0.15) is 23.7 Å². The molecule has 126 valence electrons. The zero-order valence-corrected chi connectivity index (χ0v) is 15.6. The zero-order chi connectivity index (χ0) is 17.5. The van der Waals surface area contributed by atoms with Crippen molar-refractivity contribution in [2.75, 3.05) is 7.11 Å². The number of fused-ring (bicyclic) bond motifs is 1. The van der Waals surface area contributed by atoms with Gasteiger partial charge in [0.25, 0.3) is 0 Å². The lowest BCUT2D eigenvalue weighted by atomic mass is 10.0. The number of benzene rings is 1. The number of carbonyl (C=O) groups is 1. The standard InChI is InChI=1S/C17H16BrNO4S/c1-17(9-5-6-12(18)10-17)24(21,22)19-11-14(16(20)23-2)13-7-3-4-8-15(13)19/h3-8,10-11H,9H2,1-2H3. The first kappa shape index (κ1) is 17.0. The van der Waals surface area contributed by atoms with E-state index in [9.17, 15) is 13.2 Å². The van der Waals surface area contributed by atoms with Gasteiger partial charge in [-0.05, 0) is 25.5 Å². The second-order valence-electron chi connectivity index (χ2n) is 5.80. The molecule has 0 amide bonds. The summed E-state index contributed by atoms with van der Waals surface area (Å²) in [5, 5.41) is 0.547. The smallest absolute Gasteiger partial charge is 0.340 e. The van der Waals surface area contributed by atoms with Gasteiger partial charge in [-0.15, -0.1) is 0 Å². The van der Waals surface area contributed by atoms with Crippen LogP contribution in [0.5, 0.6) is 0 Å². The average Bonchev–Trinajstić information content (AvgIpc) is 2.94. The Morgan fingerprint density at radius 2 is 2.04 bits per heavy atom. The quantitative estimate of drug-likeness (QED) is 0.726. The predicted molar refractivity (Wildman–Crippen MR) is 96.8 cm³/mol. The summed E-state index contributed by atoms with van der Waals surface area (Å²) in [7, 11) is -2.52. The van der Waals surface area contributed by atoms with E-state index in [0.717, 1.165) is 0 Å². The SMILES string of the molecule is COC(=O)c1cn(S(=O)(=O)C2(C)C=C(Br)C=CC2)c2ccccc12. The normalized spacial score (nSPS) is 20.9. The van der Waals surface area contributed by atoms with Crippen molar-refractivity contribution in [3.63, 3.8) is 0 Å². The highest BCUT2D eigenvalue weighted by Gasteiger charge is 2.40. The summed E-state index contributed by atoms with van der Waals surface area (Å²) in [6.07, 6.45) is 7.01. The molecule has 1 aromatic heterocycles. The lowest BCUT2D eigenvalue weighted by Crippen LogP contribution is -2.38. The largest absolute Gasteiger partial charge is 0.465 e. The molecule has 0 bridgehead atoms. The van der Waals surface area contributed by atoms with Gasteiger partial charge in [0.2, 0.25) is 10.0 Å². The van der Waals surface area contributed by atoms with Gasteiger partial charge >= 0.3 is 5.97 Å². The molecule has 3 rings (SSSR count). The van der Waals surface area contributed by atoms with Crippen LogP contribution in [-0.4, -0.2) is 30.2 Å². The number of ether oxygens (including phenoxy) is 1. The molecule has 1 aliphatic carbocycles. The molecule has 2 aromatic rings. The molecule has 1 aromatic carbocycles. The zero-order valence-electron chi connectivity index (χ0n) is 13.2. The topological polar surface area (TPSA) is 65.4 Å². The van der Waals surface area contributed by atoms with Gasteiger partial charge in [0.05, 0.1) is 18.2 Å². The fourth-order valence-electron chi connectivity index (χ4n) is 2.83. The Labute approximate surface area is 148 Å². The number of carbonyl (C=O) groups excluding carboxylic acids is 1. The fourth-order valence-corrected chi connectivity index (χ4v) is 5.37. The van der Waals surface area contributed by atoms with Gasteiger partial charge in [-0.25, -0.2) is 17.2 Å². The number of allylic oxidation sites excluding steroid dienone is 3. The molecule has 0 saturated carbocycles. The van der Waals surface area contributed by atoms with Crippen LogP contribution in [0.3, 0.4) is 0 Å². The molecule has 0 aliphatic heterocycles. The van der Waals surface area contributed by atoms with E-state index in [-0.39, 0.29) is 5.56 Å². The van der Waals surface area contributed by atoms with Crippen LogP contribution in [0.15, 0.2) is 53.2 Å². The van der Waals surface area contributed by atoms with E-state index in [1.54, 1.807) is 37.3 Å². The number of hydrogen-bond donors (Lipinski definition) is 0. The summed E-state index contributed by atoms with van der Waals surface area (Å²) in [5.74, 6) is -0.564. The van der Waals surface area contributed by atoms with Crippen LogP contribution in [0.2, 0.25) is 0 Å². The maximum absolute atomic E-state index is 13.3. The number of para-hydroxylation sites is 1. The summed E-state index contributed by atoms with van der Waals surface area (Å²) in [6.45, 7) is 1.67. The molecule has 0 radical (unpaired) electrons. The van der Waals surface area contributed by atoms with E-state index in [4.69, 9.17) is 4.74 Å². The molecular formula is C17H16BrNO4S. The van der Waals surface area contributed by atoms with Crippen molar-refractivity contribution in [3.05, 3.63) is 58.7 Å². The second-order valence-corrected chi connectivity index (χ2v) is 8.99. The number of methoxy groups -OCH3 is 1. The van der Waals surface area contributed by atoms with Gasteiger partial charge in [-0.2, -0.15) is 0 Å². The third kappa shape index (κ3) is 2.52. The van der Waals surface area contributed by atoms with Crippen LogP contribution in [0.25, 0.3) is 10.9 Å². The fraction of sp³-hybridized carbons (Fsp3) is 0.235. The Balaban J connectivity index is 2.26. The Hall–Kier alpha value is -1.86. The van der Waals surface area contributed by atoms with E-state index in [1.165, 1.54) is 17.3 Å². The molecule has 1 unspecified atom stereocenters. The molecule has 0 spiro atoms. The summed E-state index contributed by atoms with van der Waals surface area (Å²) >= 11 is 3.34. The van der Waals surface area contributed by atoms with Crippen molar-refractivity contribution in [3.8, 4) is 0 Å². The molecular weight excluding hydrogens is 394 g/mol. The van der Waals surface area contributed by atoms with Gasteiger partial charge in [-0.1, -0.05) is 46.3 Å². The number of aromatic nitrogens is 1. The molecule has 1 heterocycles. The van der Waals surface area contributed by atoms with Gasteiger partial charge < -0.3 is 4.74 Å². The van der Waals surface area contributed by atoms with Gasteiger partial charge in [0, 0.05) is 16.1 Å². The molecule has 1 aliphatic rings. The summed E-state index contributed by atoms with van der Waals surface area (Å²) in [5.41, 5.74) is 0.688. The van der Waals surface area contributed by atoms with Crippen LogP contribution >= 0.6 is 15.9 Å². The first-order chi connectivity index (χ1) is 11.3. The summed E-state index contributed by atoms with van der Waals surface area (Å²) in [4.78, 5) is 12.0. The van der Waals surface area contributed by atoms with Gasteiger partial charge in [-0.3, -0.25) is 0 Å². The monoisotopic (exact) mass is 409 g/mol. The summed E-state index contributed by atoms with van der Waals surface area (Å²) < 4.78 is 32.2. The van der Waals surface area contributed by atoms with Crippen molar-refractivity contribution in [2.24, 2.45) is 0 Å². The number of halogens is 1. The first-order valence-electron chi connectivity index (χ1n) is 7.28. The highest BCUT2D eigenvalue weighted by atomic mass is 79.9. The molecule has 24 heavy (non-hydrogen) atoms. The number of nitrogens with zero attached hydrogens (tertiary/aromatic N) is 1. The summed E-state index contributed by atoms with van der Waals surface area (Å²) in [6, 6.07) is 6.89. The van der Waals surface area contributed by atoms with Crippen molar-refractivity contribution < 1.29 is 17.9 Å².